The van der Waals surface area contributed by atoms with Gasteiger partial charge in [-0.1, -0.05) is 41.9 Å². The van der Waals surface area contributed by atoms with Crippen molar-refractivity contribution in [1.29, 1.82) is 0 Å². The molecule has 6 nitrogen and oxygen atoms in total. The monoisotopic (exact) mass is 441 g/mol. The first kappa shape index (κ1) is 21.7. The number of anilines is 1. The number of amides is 2. The molecule has 1 fully saturated rings. The van der Waals surface area contributed by atoms with Crippen molar-refractivity contribution in [1.82, 2.24) is 9.80 Å². The summed E-state index contributed by atoms with van der Waals surface area (Å²) in [4.78, 5) is 29.2. The zero-order valence-electron chi connectivity index (χ0n) is 17.6. The normalized spacial score (nSPS) is 18.9. The van der Waals surface area contributed by atoms with Gasteiger partial charge in [0.15, 0.2) is 0 Å². The molecule has 164 valence electrons. The van der Waals surface area contributed by atoms with Crippen molar-refractivity contribution in [3.63, 3.8) is 0 Å². The minimum atomic E-state index is -0.137. The van der Waals surface area contributed by atoms with Crippen LogP contribution in [0.2, 0.25) is 5.02 Å². The molecule has 2 aromatic rings. The number of carbonyl (C=O) groups excluding carboxylic acids is 2. The Labute approximate surface area is 188 Å². The van der Waals surface area contributed by atoms with Gasteiger partial charge in [-0.25, -0.2) is 0 Å². The number of benzene rings is 2. The van der Waals surface area contributed by atoms with Crippen molar-refractivity contribution in [3.8, 4) is 5.75 Å². The molecule has 31 heavy (non-hydrogen) atoms. The fourth-order valence-electron chi connectivity index (χ4n) is 4.17. The van der Waals surface area contributed by atoms with Gasteiger partial charge in [-0.2, -0.15) is 0 Å². The van der Waals surface area contributed by atoms with Crippen LogP contribution in [0.3, 0.4) is 0 Å². The van der Waals surface area contributed by atoms with Crippen LogP contribution in [0.15, 0.2) is 48.5 Å². The Kier molecular flexibility index (Phi) is 7.10. The number of hydrogen-bond acceptors (Lipinski definition) is 4. The molecule has 2 aliphatic rings. The molecule has 1 N–H and O–H groups in total. The van der Waals surface area contributed by atoms with E-state index >= 15 is 0 Å². The van der Waals surface area contributed by atoms with Crippen molar-refractivity contribution >= 4 is 29.1 Å². The van der Waals surface area contributed by atoms with Crippen molar-refractivity contribution < 1.29 is 14.3 Å². The summed E-state index contributed by atoms with van der Waals surface area (Å²) in [6.45, 7) is 4.45. The molecule has 2 heterocycles. The SMILES string of the molecule is O=C1Nc2ccccc2CC1CCC(=O)N1CCN(CCOc2ccccc2Cl)CC1. The van der Waals surface area contributed by atoms with Crippen LogP contribution in [0, 0.1) is 5.92 Å². The zero-order valence-corrected chi connectivity index (χ0v) is 18.3. The summed E-state index contributed by atoms with van der Waals surface area (Å²) in [6.07, 6.45) is 1.70. The van der Waals surface area contributed by atoms with E-state index in [2.05, 4.69) is 10.2 Å². The number of halogens is 1. The molecule has 1 unspecified atom stereocenters. The lowest BCUT2D eigenvalue weighted by molar-refractivity contribution is -0.133. The summed E-state index contributed by atoms with van der Waals surface area (Å²) in [7, 11) is 0. The third-order valence-corrected chi connectivity index (χ3v) is 6.36. The smallest absolute Gasteiger partial charge is 0.227 e. The fourth-order valence-corrected chi connectivity index (χ4v) is 4.36. The zero-order chi connectivity index (χ0) is 21.6. The van der Waals surface area contributed by atoms with E-state index in [4.69, 9.17) is 16.3 Å². The Morgan fingerprint density at radius 3 is 2.61 bits per heavy atom. The van der Waals surface area contributed by atoms with Crippen LogP contribution in [0.1, 0.15) is 18.4 Å². The van der Waals surface area contributed by atoms with Crippen molar-refractivity contribution in [2.75, 3.05) is 44.6 Å². The predicted octanol–water partition coefficient (Wildman–Crippen LogP) is 3.45. The molecule has 0 saturated carbocycles. The number of ether oxygens (including phenoxy) is 1. The van der Waals surface area contributed by atoms with Gasteiger partial charge in [-0.3, -0.25) is 14.5 Å². The highest BCUT2D eigenvalue weighted by atomic mass is 35.5. The molecule has 0 radical (unpaired) electrons. The predicted molar refractivity (Wildman–Crippen MR) is 121 cm³/mol. The second-order valence-corrected chi connectivity index (χ2v) is 8.49. The van der Waals surface area contributed by atoms with Gasteiger partial charge in [0.25, 0.3) is 0 Å². The van der Waals surface area contributed by atoms with Crippen molar-refractivity contribution in [3.05, 3.63) is 59.1 Å². The van der Waals surface area contributed by atoms with Crippen LogP contribution in [-0.2, 0) is 16.0 Å². The first-order valence-electron chi connectivity index (χ1n) is 10.9. The molecule has 2 amide bonds. The van der Waals surface area contributed by atoms with E-state index < -0.39 is 0 Å². The van der Waals surface area contributed by atoms with Gasteiger partial charge in [0.05, 0.1) is 5.02 Å². The highest BCUT2D eigenvalue weighted by Crippen LogP contribution is 2.28. The first-order valence-corrected chi connectivity index (χ1v) is 11.2. The molecule has 1 atom stereocenters. The molecule has 1 saturated heterocycles. The minimum Gasteiger partial charge on any atom is -0.491 e. The van der Waals surface area contributed by atoms with Gasteiger partial charge in [-0.15, -0.1) is 0 Å². The lowest BCUT2D eigenvalue weighted by Gasteiger charge is -2.35. The Morgan fingerprint density at radius 2 is 1.81 bits per heavy atom. The second-order valence-electron chi connectivity index (χ2n) is 8.09. The lowest BCUT2D eigenvalue weighted by Crippen LogP contribution is -2.49. The Hall–Kier alpha value is -2.57. The number of nitrogens with one attached hydrogen (secondary N) is 1. The van der Waals surface area contributed by atoms with E-state index in [1.165, 1.54) is 0 Å². The molecular formula is C24H28ClN3O3. The Bertz CT molecular complexity index is 928. The summed E-state index contributed by atoms with van der Waals surface area (Å²) in [5, 5.41) is 3.58. The van der Waals surface area contributed by atoms with E-state index in [1.54, 1.807) is 0 Å². The largest absolute Gasteiger partial charge is 0.491 e. The van der Waals surface area contributed by atoms with Crippen molar-refractivity contribution in [2.45, 2.75) is 19.3 Å². The maximum Gasteiger partial charge on any atom is 0.227 e. The fraction of sp³-hybridized carbons (Fsp3) is 0.417. The van der Waals surface area contributed by atoms with Crippen LogP contribution in [0.5, 0.6) is 5.75 Å². The van der Waals surface area contributed by atoms with Gasteiger partial charge >= 0.3 is 0 Å². The molecule has 0 spiro atoms. The van der Waals surface area contributed by atoms with Gasteiger partial charge in [-0.05, 0) is 36.6 Å². The van der Waals surface area contributed by atoms with Crippen LogP contribution >= 0.6 is 11.6 Å². The van der Waals surface area contributed by atoms with Gasteiger partial charge < -0.3 is 15.0 Å². The molecule has 7 heteroatoms. The summed E-state index contributed by atoms with van der Waals surface area (Å²) < 4.78 is 5.76. The first-order chi connectivity index (χ1) is 15.1. The van der Waals surface area contributed by atoms with Crippen LogP contribution in [-0.4, -0.2) is 60.9 Å². The van der Waals surface area contributed by atoms with Crippen LogP contribution in [0.4, 0.5) is 5.69 Å². The standard InChI is InChI=1S/C24H28ClN3O3/c25-20-6-2-4-8-22(20)31-16-15-27-11-13-28(14-12-27)23(29)10-9-19-17-18-5-1-3-7-21(18)26-24(19)30/h1-8,19H,9-17H2,(H,26,30). The Morgan fingerprint density at radius 1 is 1.06 bits per heavy atom. The third-order valence-electron chi connectivity index (χ3n) is 6.05. The van der Waals surface area contributed by atoms with Gasteiger partial charge in [0.1, 0.15) is 12.4 Å². The highest BCUT2D eigenvalue weighted by Gasteiger charge is 2.28. The number of piperazine rings is 1. The number of rotatable bonds is 7. The molecular weight excluding hydrogens is 414 g/mol. The quantitative estimate of drug-likeness (QED) is 0.714. The van der Waals surface area contributed by atoms with Crippen LogP contribution < -0.4 is 10.1 Å². The van der Waals surface area contributed by atoms with Crippen LogP contribution in [0.25, 0.3) is 0 Å². The molecule has 2 aromatic carbocycles. The van der Waals surface area contributed by atoms with E-state index in [0.29, 0.717) is 49.7 Å². The maximum absolute atomic E-state index is 12.7. The van der Waals surface area contributed by atoms with Crippen molar-refractivity contribution in [2.24, 2.45) is 5.92 Å². The molecule has 0 bridgehead atoms. The third kappa shape index (κ3) is 5.57. The number of hydrogen-bond donors (Lipinski definition) is 1. The summed E-state index contributed by atoms with van der Waals surface area (Å²) >= 11 is 6.11. The number of nitrogens with zero attached hydrogens (tertiary/aromatic N) is 2. The average molecular weight is 442 g/mol. The second kappa shape index (κ2) is 10.2. The summed E-state index contributed by atoms with van der Waals surface area (Å²) in [5.41, 5.74) is 2.04. The van der Waals surface area contributed by atoms with E-state index in [0.717, 1.165) is 30.9 Å². The Balaban J connectivity index is 1.17. The van der Waals surface area contributed by atoms with E-state index in [1.807, 2.05) is 53.4 Å². The highest BCUT2D eigenvalue weighted by molar-refractivity contribution is 6.32. The molecule has 2 aliphatic heterocycles. The molecule has 0 aromatic heterocycles. The number of carbonyl (C=O) groups is 2. The molecule has 0 aliphatic carbocycles. The summed E-state index contributed by atoms with van der Waals surface area (Å²) in [6, 6.07) is 15.3. The maximum atomic E-state index is 12.7. The number of fused-ring (bicyclic) bond motifs is 1. The topological polar surface area (TPSA) is 61.9 Å². The lowest BCUT2D eigenvalue weighted by atomic mass is 9.89. The van der Waals surface area contributed by atoms with E-state index in [9.17, 15) is 9.59 Å². The van der Waals surface area contributed by atoms with E-state index in [-0.39, 0.29) is 17.7 Å². The average Bonchev–Trinajstić information content (AvgIpc) is 2.79. The number of para-hydroxylation sites is 2. The summed E-state index contributed by atoms with van der Waals surface area (Å²) in [5.74, 6) is 0.725. The van der Waals surface area contributed by atoms with Gasteiger partial charge in [0.2, 0.25) is 11.8 Å². The van der Waals surface area contributed by atoms with Gasteiger partial charge in [0, 0.05) is 50.7 Å². The minimum absolute atomic E-state index is 0.0230. The molecule has 4 rings (SSSR count).